The molecular weight excluding hydrogens is 264 g/mol. The van der Waals surface area contributed by atoms with Crippen LogP contribution in [0.4, 0.5) is 5.95 Å². The molecule has 0 saturated carbocycles. The first-order chi connectivity index (χ1) is 10.3. The highest BCUT2D eigenvalue weighted by Crippen LogP contribution is 2.41. The molecular formula is C16H24N4O. The molecule has 3 aliphatic heterocycles. The summed E-state index contributed by atoms with van der Waals surface area (Å²) in [5.41, 5.74) is 0.495. The van der Waals surface area contributed by atoms with Crippen molar-refractivity contribution in [3.05, 3.63) is 18.5 Å². The molecule has 0 N–H and O–H groups in total. The van der Waals surface area contributed by atoms with Gasteiger partial charge in [0.1, 0.15) is 0 Å². The van der Waals surface area contributed by atoms with Crippen molar-refractivity contribution in [2.24, 2.45) is 5.41 Å². The Bertz CT molecular complexity index is 466. The molecule has 3 fully saturated rings. The van der Waals surface area contributed by atoms with Gasteiger partial charge in [-0.25, -0.2) is 9.97 Å². The second-order valence-corrected chi connectivity index (χ2v) is 6.77. The molecule has 1 atom stereocenters. The summed E-state index contributed by atoms with van der Waals surface area (Å²) < 4.78 is 5.54. The number of piperidine rings is 1. The summed E-state index contributed by atoms with van der Waals surface area (Å²) >= 11 is 0. The van der Waals surface area contributed by atoms with Gasteiger partial charge in [0, 0.05) is 38.1 Å². The van der Waals surface area contributed by atoms with E-state index in [9.17, 15) is 0 Å². The van der Waals surface area contributed by atoms with Gasteiger partial charge in [-0.1, -0.05) is 0 Å². The smallest absolute Gasteiger partial charge is 0.225 e. The quantitative estimate of drug-likeness (QED) is 0.826. The van der Waals surface area contributed by atoms with E-state index in [1.165, 1.54) is 38.8 Å². The molecule has 3 saturated heterocycles. The third kappa shape index (κ3) is 2.64. The number of nitrogens with zero attached hydrogens (tertiary/aromatic N) is 4. The zero-order valence-electron chi connectivity index (χ0n) is 12.6. The molecule has 0 aliphatic carbocycles. The van der Waals surface area contributed by atoms with E-state index in [2.05, 4.69) is 19.8 Å². The van der Waals surface area contributed by atoms with E-state index in [1.54, 1.807) is 0 Å². The summed E-state index contributed by atoms with van der Waals surface area (Å²) in [6, 6.07) is 2.56. The second-order valence-electron chi connectivity index (χ2n) is 6.77. The van der Waals surface area contributed by atoms with Crippen molar-refractivity contribution < 1.29 is 4.74 Å². The molecule has 4 heterocycles. The minimum atomic E-state index is 0.495. The van der Waals surface area contributed by atoms with Crippen molar-refractivity contribution in [1.29, 1.82) is 0 Å². The van der Waals surface area contributed by atoms with Gasteiger partial charge < -0.3 is 9.64 Å². The Morgan fingerprint density at radius 1 is 1.10 bits per heavy atom. The fourth-order valence-corrected chi connectivity index (χ4v) is 4.14. The fraction of sp³-hybridized carbons (Fsp3) is 0.750. The lowest BCUT2D eigenvalue weighted by atomic mass is 9.77. The first-order valence-electron chi connectivity index (χ1n) is 8.19. The van der Waals surface area contributed by atoms with Crippen LogP contribution in [-0.4, -0.2) is 60.3 Å². The summed E-state index contributed by atoms with van der Waals surface area (Å²) in [5, 5.41) is 0. The molecule has 0 aromatic carbocycles. The maximum atomic E-state index is 5.54. The number of anilines is 1. The number of hydrogen-bond donors (Lipinski definition) is 0. The predicted octanol–water partition coefficient (Wildman–Crippen LogP) is 1.56. The average molecular weight is 288 g/mol. The Labute approximate surface area is 126 Å². The van der Waals surface area contributed by atoms with Crippen molar-refractivity contribution in [2.45, 2.75) is 31.7 Å². The first kappa shape index (κ1) is 13.5. The number of ether oxygens (including phenoxy) is 1. The molecule has 0 radical (unpaired) electrons. The minimum Gasteiger partial charge on any atom is -0.380 e. The molecule has 1 aromatic heterocycles. The lowest BCUT2D eigenvalue weighted by Crippen LogP contribution is -2.46. The summed E-state index contributed by atoms with van der Waals surface area (Å²) in [4.78, 5) is 13.8. The SMILES string of the molecule is c1cnc(N2CCC3(CCN(C4CCOC4)CC3)C2)nc1. The van der Waals surface area contributed by atoms with Crippen molar-refractivity contribution in [3.63, 3.8) is 0 Å². The van der Waals surface area contributed by atoms with E-state index in [0.29, 0.717) is 11.5 Å². The van der Waals surface area contributed by atoms with Gasteiger partial charge in [-0.15, -0.1) is 0 Å². The Hall–Kier alpha value is -1.20. The monoisotopic (exact) mass is 288 g/mol. The topological polar surface area (TPSA) is 41.5 Å². The standard InChI is InChI=1S/C16H24N4O/c1-6-17-15(18-7-1)20-10-5-16(13-20)3-8-19(9-4-16)14-2-11-21-12-14/h1,6-7,14H,2-5,8-13H2. The van der Waals surface area contributed by atoms with E-state index >= 15 is 0 Å². The second kappa shape index (κ2) is 5.54. The highest BCUT2D eigenvalue weighted by Gasteiger charge is 2.42. The molecule has 21 heavy (non-hydrogen) atoms. The Morgan fingerprint density at radius 2 is 1.86 bits per heavy atom. The minimum absolute atomic E-state index is 0.495. The zero-order chi connectivity index (χ0) is 14.1. The van der Waals surface area contributed by atoms with Gasteiger partial charge in [0.25, 0.3) is 0 Å². The van der Waals surface area contributed by atoms with Crippen molar-refractivity contribution in [3.8, 4) is 0 Å². The molecule has 0 amide bonds. The summed E-state index contributed by atoms with van der Waals surface area (Å²) in [5.74, 6) is 0.904. The van der Waals surface area contributed by atoms with Crippen LogP contribution in [0.3, 0.4) is 0 Å². The maximum absolute atomic E-state index is 5.54. The Kier molecular flexibility index (Phi) is 3.55. The van der Waals surface area contributed by atoms with Gasteiger partial charge in [0.05, 0.1) is 6.61 Å². The van der Waals surface area contributed by atoms with E-state index in [4.69, 9.17) is 4.74 Å². The number of aromatic nitrogens is 2. The molecule has 1 aromatic rings. The van der Waals surface area contributed by atoms with E-state index in [1.807, 2.05) is 18.5 Å². The van der Waals surface area contributed by atoms with Crippen LogP contribution in [0.25, 0.3) is 0 Å². The molecule has 5 heteroatoms. The number of hydrogen-bond acceptors (Lipinski definition) is 5. The summed E-state index contributed by atoms with van der Waals surface area (Å²) in [6.07, 6.45) is 8.82. The summed E-state index contributed by atoms with van der Waals surface area (Å²) in [6.45, 7) is 6.60. The van der Waals surface area contributed by atoms with Crippen molar-refractivity contribution in [2.75, 3.05) is 44.3 Å². The molecule has 3 aliphatic rings. The molecule has 1 unspecified atom stereocenters. The fourth-order valence-electron chi connectivity index (χ4n) is 4.14. The normalized spacial score (nSPS) is 29.3. The van der Waals surface area contributed by atoms with Gasteiger partial charge >= 0.3 is 0 Å². The van der Waals surface area contributed by atoms with Crippen LogP contribution in [0.2, 0.25) is 0 Å². The van der Waals surface area contributed by atoms with E-state index in [-0.39, 0.29) is 0 Å². The van der Waals surface area contributed by atoms with Crippen molar-refractivity contribution >= 4 is 5.95 Å². The zero-order valence-corrected chi connectivity index (χ0v) is 12.6. The Balaban J connectivity index is 1.37. The highest BCUT2D eigenvalue weighted by atomic mass is 16.5. The van der Waals surface area contributed by atoms with Gasteiger partial charge in [-0.3, -0.25) is 4.90 Å². The largest absolute Gasteiger partial charge is 0.380 e. The van der Waals surface area contributed by atoms with Gasteiger partial charge in [0.2, 0.25) is 5.95 Å². The molecule has 0 bridgehead atoms. The average Bonchev–Trinajstić information content (AvgIpc) is 3.20. The van der Waals surface area contributed by atoms with Crippen LogP contribution in [0.15, 0.2) is 18.5 Å². The van der Waals surface area contributed by atoms with Crippen LogP contribution in [0.5, 0.6) is 0 Å². The molecule has 5 nitrogen and oxygen atoms in total. The van der Waals surface area contributed by atoms with E-state index < -0.39 is 0 Å². The van der Waals surface area contributed by atoms with Crippen LogP contribution in [0.1, 0.15) is 25.7 Å². The predicted molar refractivity (Wildman–Crippen MR) is 81.3 cm³/mol. The third-order valence-electron chi connectivity index (χ3n) is 5.55. The van der Waals surface area contributed by atoms with Crippen LogP contribution in [-0.2, 0) is 4.74 Å². The first-order valence-corrected chi connectivity index (χ1v) is 8.19. The Morgan fingerprint density at radius 3 is 2.57 bits per heavy atom. The lowest BCUT2D eigenvalue weighted by Gasteiger charge is -2.41. The van der Waals surface area contributed by atoms with Gasteiger partial charge in [-0.2, -0.15) is 0 Å². The third-order valence-corrected chi connectivity index (χ3v) is 5.55. The van der Waals surface area contributed by atoms with Crippen LogP contribution >= 0.6 is 0 Å². The molecule has 114 valence electrons. The van der Waals surface area contributed by atoms with Gasteiger partial charge in [0.15, 0.2) is 0 Å². The van der Waals surface area contributed by atoms with Crippen LogP contribution in [0, 0.1) is 5.41 Å². The van der Waals surface area contributed by atoms with Crippen LogP contribution < -0.4 is 4.90 Å². The number of rotatable bonds is 2. The van der Waals surface area contributed by atoms with Gasteiger partial charge in [-0.05, 0) is 50.3 Å². The lowest BCUT2D eigenvalue weighted by molar-refractivity contribution is 0.0753. The summed E-state index contributed by atoms with van der Waals surface area (Å²) in [7, 11) is 0. The van der Waals surface area contributed by atoms with E-state index in [0.717, 1.165) is 32.3 Å². The maximum Gasteiger partial charge on any atom is 0.225 e. The van der Waals surface area contributed by atoms with Crippen molar-refractivity contribution in [1.82, 2.24) is 14.9 Å². The molecule has 1 spiro atoms. The molecule has 4 rings (SSSR count). The highest BCUT2D eigenvalue weighted by molar-refractivity contribution is 5.31. The number of likely N-dealkylation sites (tertiary alicyclic amines) is 1.